The summed E-state index contributed by atoms with van der Waals surface area (Å²) in [4.78, 5) is 11.3. The first kappa shape index (κ1) is 7.86. The predicted molar refractivity (Wildman–Crippen MR) is 47.6 cm³/mol. The van der Waals surface area contributed by atoms with Crippen LogP contribution in [0.25, 0.3) is 0 Å². The van der Waals surface area contributed by atoms with Crippen LogP contribution >= 0.6 is 0 Å². The molecule has 66 valence electrons. The van der Waals surface area contributed by atoms with Gasteiger partial charge in [0.05, 0.1) is 0 Å². The van der Waals surface area contributed by atoms with Crippen LogP contribution in [0, 0.1) is 0 Å². The van der Waals surface area contributed by atoms with E-state index in [-0.39, 0.29) is 5.91 Å². The lowest BCUT2D eigenvalue weighted by molar-refractivity contribution is -0.130. The Morgan fingerprint density at radius 1 is 1.23 bits per heavy atom. The van der Waals surface area contributed by atoms with Gasteiger partial charge in [0.25, 0.3) is 5.91 Å². The van der Waals surface area contributed by atoms with Gasteiger partial charge in [-0.1, -0.05) is 30.3 Å². The molecule has 3 nitrogen and oxygen atoms in total. The summed E-state index contributed by atoms with van der Waals surface area (Å²) >= 11 is 0. The van der Waals surface area contributed by atoms with E-state index in [2.05, 4.69) is 5.32 Å². The molecular weight excluding hydrogens is 166 g/mol. The first-order chi connectivity index (χ1) is 6.38. The third-order valence-corrected chi connectivity index (χ3v) is 1.85. The Morgan fingerprint density at radius 2 is 2.00 bits per heavy atom. The molecule has 0 bridgehead atoms. The number of hydrogen-bond donors (Lipinski definition) is 1. The van der Waals surface area contributed by atoms with Gasteiger partial charge >= 0.3 is 0 Å². The third kappa shape index (κ3) is 1.54. The Hall–Kier alpha value is -1.77. The van der Waals surface area contributed by atoms with E-state index in [9.17, 15) is 4.79 Å². The lowest BCUT2D eigenvalue weighted by atomic mass is 10.1. The summed E-state index contributed by atoms with van der Waals surface area (Å²) in [5.74, 6) is -0.131. The van der Waals surface area contributed by atoms with Crippen LogP contribution in [0.5, 0.6) is 0 Å². The van der Waals surface area contributed by atoms with Crippen molar-refractivity contribution in [2.45, 2.75) is 6.10 Å². The number of carbonyl (C=O) groups is 1. The zero-order valence-electron chi connectivity index (χ0n) is 6.94. The zero-order chi connectivity index (χ0) is 9.10. The van der Waals surface area contributed by atoms with E-state index in [1.807, 2.05) is 30.3 Å². The lowest BCUT2D eigenvalue weighted by Gasteiger charge is -2.18. The fraction of sp³-hybridized carbons (Fsp3) is 0.100. The molecule has 0 spiro atoms. The summed E-state index contributed by atoms with van der Waals surface area (Å²) in [6.45, 7) is 0. The third-order valence-electron chi connectivity index (χ3n) is 1.85. The summed E-state index contributed by atoms with van der Waals surface area (Å²) < 4.78 is 5.18. The van der Waals surface area contributed by atoms with Crippen molar-refractivity contribution in [2.75, 3.05) is 0 Å². The van der Waals surface area contributed by atoms with E-state index >= 15 is 0 Å². The van der Waals surface area contributed by atoms with Crippen LogP contribution in [-0.4, -0.2) is 5.91 Å². The smallest absolute Gasteiger partial charge is 0.269 e. The second-order valence-electron chi connectivity index (χ2n) is 2.74. The van der Waals surface area contributed by atoms with Gasteiger partial charge in [-0.15, -0.1) is 0 Å². The highest BCUT2D eigenvalue weighted by atomic mass is 16.5. The average Bonchev–Trinajstić information content (AvgIpc) is 2.20. The normalized spacial score (nSPS) is 20.6. The van der Waals surface area contributed by atoms with Crippen LogP contribution in [0.4, 0.5) is 0 Å². The fourth-order valence-corrected chi connectivity index (χ4v) is 1.23. The van der Waals surface area contributed by atoms with Gasteiger partial charge in [-0.05, 0) is 0 Å². The molecular formula is C10H9NO2. The Kier molecular flexibility index (Phi) is 2.00. The molecule has 0 radical (unpaired) electrons. The lowest BCUT2D eigenvalue weighted by Crippen LogP contribution is -2.29. The van der Waals surface area contributed by atoms with Crippen molar-refractivity contribution in [1.82, 2.24) is 5.32 Å². The highest BCUT2D eigenvalue weighted by Gasteiger charge is 2.22. The molecule has 3 heteroatoms. The topological polar surface area (TPSA) is 38.3 Å². The molecule has 0 fully saturated rings. The van der Waals surface area contributed by atoms with Crippen LogP contribution in [-0.2, 0) is 9.53 Å². The van der Waals surface area contributed by atoms with Gasteiger partial charge in [-0.2, -0.15) is 0 Å². The highest BCUT2D eigenvalue weighted by molar-refractivity contribution is 5.83. The molecule has 0 saturated heterocycles. The Labute approximate surface area is 76.0 Å². The monoisotopic (exact) mass is 175 g/mol. The van der Waals surface area contributed by atoms with Crippen LogP contribution in [0.3, 0.4) is 0 Å². The van der Waals surface area contributed by atoms with E-state index in [1.165, 1.54) is 12.5 Å². The first-order valence-electron chi connectivity index (χ1n) is 4.04. The fourth-order valence-electron chi connectivity index (χ4n) is 1.23. The maximum absolute atomic E-state index is 11.3. The van der Waals surface area contributed by atoms with Crippen LogP contribution < -0.4 is 5.32 Å². The molecule has 1 aliphatic heterocycles. The van der Waals surface area contributed by atoms with E-state index < -0.39 is 6.10 Å². The number of benzene rings is 1. The predicted octanol–water partition coefficient (Wildman–Crippen LogP) is 1.35. The van der Waals surface area contributed by atoms with Crippen molar-refractivity contribution in [1.29, 1.82) is 0 Å². The van der Waals surface area contributed by atoms with Crippen molar-refractivity contribution >= 4 is 5.91 Å². The van der Waals surface area contributed by atoms with Crippen molar-refractivity contribution in [3.05, 3.63) is 48.4 Å². The van der Waals surface area contributed by atoms with Crippen molar-refractivity contribution in [2.24, 2.45) is 0 Å². The molecule has 2 rings (SSSR count). The van der Waals surface area contributed by atoms with Gasteiger partial charge in [0.1, 0.15) is 6.26 Å². The second kappa shape index (κ2) is 3.31. The van der Waals surface area contributed by atoms with Crippen LogP contribution in [0.15, 0.2) is 42.8 Å². The Morgan fingerprint density at radius 3 is 2.69 bits per heavy atom. The summed E-state index contributed by atoms with van der Waals surface area (Å²) in [5, 5.41) is 2.59. The largest absolute Gasteiger partial charge is 0.482 e. The molecule has 1 aromatic rings. The molecule has 1 N–H and O–H groups in total. The quantitative estimate of drug-likeness (QED) is 0.699. The molecule has 1 aliphatic rings. The van der Waals surface area contributed by atoms with Crippen molar-refractivity contribution in [3.63, 3.8) is 0 Å². The number of amides is 1. The standard InChI is InChI=1S/C10H9NO2/c12-10-9(13-7-6-11-10)8-4-2-1-3-5-8/h1-7,9H,(H,11,12). The number of rotatable bonds is 1. The number of nitrogens with one attached hydrogen (secondary N) is 1. The minimum Gasteiger partial charge on any atom is -0.482 e. The summed E-state index contributed by atoms with van der Waals surface area (Å²) in [6, 6.07) is 9.39. The van der Waals surface area contributed by atoms with Gasteiger partial charge in [0.2, 0.25) is 6.10 Å². The molecule has 13 heavy (non-hydrogen) atoms. The maximum Gasteiger partial charge on any atom is 0.269 e. The average molecular weight is 175 g/mol. The van der Waals surface area contributed by atoms with Crippen molar-refractivity contribution in [3.8, 4) is 0 Å². The zero-order valence-corrected chi connectivity index (χ0v) is 6.94. The van der Waals surface area contributed by atoms with E-state index in [0.717, 1.165) is 5.56 Å². The van der Waals surface area contributed by atoms with Gasteiger partial charge in [-0.25, -0.2) is 0 Å². The van der Waals surface area contributed by atoms with Gasteiger partial charge in [0, 0.05) is 11.8 Å². The summed E-state index contributed by atoms with van der Waals surface area (Å²) in [6.07, 6.45) is 2.46. The van der Waals surface area contributed by atoms with Gasteiger partial charge < -0.3 is 10.1 Å². The Balaban J connectivity index is 2.26. The first-order valence-corrected chi connectivity index (χ1v) is 4.04. The number of ether oxygens (including phenoxy) is 1. The molecule has 0 aliphatic carbocycles. The summed E-state index contributed by atoms with van der Waals surface area (Å²) in [5.41, 5.74) is 0.865. The number of hydrogen-bond acceptors (Lipinski definition) is 2. The van der Waals surface area contributed by atoms with Gasteiger partial charge in [-0.3, -0.25) is 4.79 Å². The van der Waals surface area contributed by atoms with Gasteiger partial charge in [0.15, 0.2) is 0 Å². The molecule has 1 amide bonds. The molecule has 0 aromatic heterocycles. The SMILES string of the molecule is O=C1NC=COC1c1ccccc1. The number of carbonyl (C=O) groups excluding carboxylic acids is 1. The minimum absolute atomic E-state index is 0.131. The van der Waals surface area contributed by atoms with E-state index in [1.54, 1.807) is 0 Å². The minimum atomic E-state index is -0.508. The highest BCUT2D eigenvalue weighted by Crippen LogP contribution is 2.19. The van der Waals surface area contributed by atoms with Crippen LogP contribution in [0.1, 0.15) is 11.7 Å². The van der Waals surface area contributed by atoms with Crippen LogP contribution in [0.2, 0.25) is 0 Å². The molecule has 0 saturated carbocycles. The van der Waals surface area contributed by atoms with Crippen molar-refractivity contribution < 1.29 is 9.53 Å². The van der Waals surface area contributed by atoms with E-state index in [4.69, 9.17) is 4.74 Å². The molecule has 1 aromatic carbocycles. The maximum atomic E-state index is 11.3. The molecule has 1 heterocycles. The molecule has 1 atom stereocenters. The second-order valence-corrected chi connectivity index (χ2v) is 2.74. The Bertz CT molecular complexity index is 332. The summed E-state index contributed by atoms with van der Waals surface area (Å²) in [7, 11) is 0. The molecule has 1 unspecified atom stereocenters. The van der Waals surface area contributed by atoms with E-state index in [0.29, 0.717) is 0 Å².